The first-order valence-electron chi connectivity index (χ1n) is 10.2. The number of nitrogens with zero attached hydrogens (tertiary/aromatic N) is 3. The maximum absolute atomic E-state index is 9.23. The second kappa shape index (κ2) is 7.32. The smallest absolute Gasteiger partial charge is 0.141 e. The number of hydrogen-bond donors (Lipinski definition) is 1. The third-order valence-electron chi connectivity index (χ3n) is 6.34. The van der Waals surface area contributed by atoms with E-state index in [4.69, 9.17) is 9.72 Å². The zero-order chi connectivity index (χ0) is 19.1. The highest BCUT2D eigenvalue weighted by atomic mass is 16.5. The van der Waals surface area contributed by atoms with E-state index in [-0.39, 0.29) is 12.7 Å². The van der Waals surface area contributed by atoms with Crippen LogP contribution in [0.25, 0.3) is 22.2 Å². The van der Waals surface area contributed by atoms with Crippen molar-refractivity contribution < 1.29 is 9.84 Å². The predicted molar refractivity (Wildman–Crippen MR) is 110 cm³/mol. The van der Waals surface area contributed by atoms with Crippen molar-refractivity contribution in [3.63, 3.8) is 0 Å². The molecule has 2 aliphatic heterocycles. The number of morpholine rings is 1. The molecular formula is C23H27N3O2. The Balaban J connectivity index is 1.48. The fraction of sp³-hybridized carbons (Fsp3) is 0.435. The second-order valence-electron chi connectivity index (χ2n) is 8.10. The molecule has 0 radical (unpaired) electrons. The van der Waals surface area contributed by atoms with Gasteiger partial charge in [0.1, 0.15) is 5.82 Å². The number of ether oxygens (including phenoxy) is 1. The molecule has 1 aromatic heterocycles. The van der Waals surface area contributed by atoms with E-state index in [1.807, 2.05) is 6.20 Å². The molecule has 0 amide bonds. The van der Waals surface area contributed by atoms with Gasteiger partial charge in [0.05, 0.1) is 12.7 Å². The molecule has 0 bridgehead atoms. The summed E-state index contributed by atoms with van der Waals surface area (Å²) in [4.78, 5) is 7.32. The van der Waals surface area contributed by atoms with Gasteiger partial charge in [0.2, 0.25) is 0 Å². The summed E-state index contributed by atoms with van der Waals surface area (Å²) in [7, 11) is 0. The molecule has 1 N–H and O–H groups in total. The van der Waals surface area contributed by atoms with E-state index < -0.39 is 0 Å². The standard InChI is InChI=1S/C23H27N3O2/c1-16-6-7-17-4-2-3-5-21(17)22(16)23-24-9-10-26(23)18-12-19-15-28-20(8-11-27)14-25(19)13-18/h2-7,9-10,18-20,27H,8,11-15H2,1H3/t18-,19-,20-/m0/s1. The summed E-state index contributed by atoms with van der Waals surface area (Å²) in [5.41, 5.74) is 2.50. The van der Waals surface area contributed by atoms with Gasteiger partial charge in [-0.3, -0.25) is 4.90 Å². The van der Waals surface area contributed by atoms with E-state index in [9.17, 15) is 5.11 Å². The third kappa shape index (κ3) is 3.04. The van der Waals surface area contributed by atoms with Crippen LogP contribution in [-0.4, -0.2) is 58.0 Å². The Hall–Kier alpha value is -2.21. The first-order valence-corrected chi connectivity index (χ1v) is 10.2. The van der Waals surface area contributed by atoms with Gasteiger partial charge in [-0.2, -0.15) is 0 Å². The van der Waals surface area contributed by atoms with Gasteiger partial charge in [0.15, 0.2) is 0 Å². The van der Waals surface area contributed by atoms with Crippen LogP contribution in [0.15, 0.2) is 48.8 Å². The van der Waals surface area contributed by atoms with Gasteiger partial charge in [-0.05, 0) is 36.1 Å². The number of rotatable bonds is 4. The number of aliphatic hydroxyl groups excluding tert-OH is 1. The van der Waals surface area contributed by atoms with E-state index >= 15 is 0 Å². The number of aromatic nitrogens is 2. The monoisotopic (exact) mass is 377 g/mol. The largest absolute Gasteiger partial charge is 0.396 e. The molecule has 0 aliphatic carbocycles. The lowest BCUT2D eigenvalue weighted by molar-refractivity contribution is -0.0567. The second-order valence-corrected chi connectivity index (χ2v) is 8.10. The Morgan fingerprint density at radius 1 is 1.14 bits per heavy atom. The number of aliphatic hydroxyl groups is 1. The Morgan fingerprint density at radius 3 is 2.93 bits per heavy atom. The summed E-state index contributed by atoms with van der Waals surface area (Å²) >= 11 is 0. The zero-order valence-corrected chi connectivity index (χ0v) is 16.3. The fourth-order valence-electron chi connectivity index (χ4n) is 4.91. The molecule has 2 aliphatic rings. The Labute approximate surface area is 165 Å². The van der Waals surface area contributed by atoms with Gasteiger partial charge in [0, 0.05) is 49.7 Å². The van der Waals surface area contributed by atoms with Gasteiger partial charge in [0.25, 0.3) is 0 Å². The quantitative estimate of drug-likeness (QED) is 0.757. The molecule has 2 fully saturated rings. The molecule has 3 heterocycles. The average Bonchev–Trinajstić information content (AvgIpc) is 3.34. The van der Waals surface area contributed by atoms with Gasteiger partial charge in [-0.15, -0.1) is 0 Å². The van der Waals surface area contributed by atoms with Crippen molar-refractivity contribution in [2.24, 2.45) is 0 Å². The molecule has 0 saturated carbocycles. The van der Waals surface area contributed by atoms with Crippen LogP contribution in [0.1, 0.15) is 24.4 Å². The number of aryl methyl sites for hydroxylation is 1. The number of imidazole rings is 1. The van der Waals surface area contributed by atoms with E-state index in [0.29, 0.717) is 12.1 Å². The molecule has 5 heteroatoms. The maximum Gasteiger partial charge on any atom is 0.141 e. The van der Waals surface area contributed by atoms with Crippen molar-refractivity contribution in [1.82, 2.24) is 14.5 Å². The van der Waals surface area contributed by atoms with Gasteiger partial charge < -0.3 is 14.4 Å². The van der Waals surface area contributed by atoms with Crippen LogP contribution in [-0.2, 0) is 4.74 Å². The molecule has 3 aromatic rings. The van der Waals surface area contributed by atoms with E-state index in [1.54, 1.807) is 0 Å². The highest BCUT2D eigenvalue weighted by Crippen LogP contribution is 2.36. The Kier molecular flexibility index (Phi) is 4.67. The maximum atomic E-state index is 9.23. The van der Waals surface area contributed by atoms with E-state index in [2.05, 4.69) is 59.0 Å². The van der Waals surface area contributed by atoms with Crippen molar-refractivity contribution in [3.8, 4) is 11.4 Å². The van der Waals surface area contributed by atoms with Crippen LogP contribution in [0.2, 0.25) is 0 Å². The average molecular weight is 377 g/mol. The van der Waals surface area contributed by atoms with Crippen molar-refractivity contribution in [1.29, 1.82) is 0 Å². The normalized spacial score (nSPS) is 25.3. The Morgan fingerprint density at radius 2 is 2.04 bits per heavy atom. The fourth-order valence-corrected chi connectivity index (χ4v) is 4.91. The number of fused-ring (bicyclic) bond motifs is 2. The van der Waals surface area contributed by atoms with E-state index in [1.165, 1.54) is 21.9 Å². The summed E-state index contributed by atoms with van der Waals surface area (Å²) in [5.74, 6) is 1.06. The minimum atomic E-state index is 0.155. The summed E-state index contributed by atoms with van der Waals surface area (Å²) < 4.78 is 8.33. The van der Waals surface area contributed by atoms with Crippen molar-refractivity contribution >= 4 is 10.8 Å². The van der Waals surface area contributed by atoms with Crippen LogP contribution >= 0.6 is 0 Å². The van der Waals surface area contributed by atoms with Crippen molar-refractivity contribution in [2.45, 2.75) is 38.0 Å². The summed E-state index contributed by atoms with van der Waals surface area (Å²) in [6.45, 7) is 5.06. The van der Waals surface area contributed by atoms with Crippen LogP contribution in [0.4, 0.5) is 0 Å². The highest BCUT2D eigenvalue weighted by molar-refractivity contribution is 5.96. The van der Waals surface area contributed by atoms with Crippen LogP contribution < -0.4 is 0 Å². The van der Waals surface area contributed by atoms with Crippen LogP contribution in [0.3, 0.4) is 0 Å². The lowest BCUT2D eigenvalue weighted by Gasteiger charge is -2.34. The number of benzene rings is 2. The molecule has 146 valence electrons. The molecule has 5 rings (SSSR count). The van der Waals surface area contributed by atoms with Crippen molar-refractivity contribution in [2.75, 3.05) is 26.3 Å². The molecular weight excluding hydrogens is 350 g/mol. The minimum absolute atomic E-state index is 0.155. The minimum Gasteiger partial charge on any atom is -0.396 e. The molecule has 2 aromatic carbocycles. The van der Waals surface area contributed by atoms with Gasteiger partial charge in [-0.25, -0.2) is 4.98 Å². The lowest BCUT2D eigenvalue weighted by Crippen LogP contribution is -2.46. The highest BCUT2D eigenvalue weighted by Gasteiger charge is 2.38. The molecule has 2 saturated heterocycles. The lowest BCUT2D eigenvalue weighted by atomic mass is 9.99. The molecule has 28 heavy (non-hydrogen) atoms. The third-order valence-corrected chi connectivity index (χ3v) is 6.34. The molecule has 5 nitrogen and oxygen atoms in total. The topological polar surface area (TPSA) is 50.5 Å². The zero-order valence-electron chi connectivity index (χ0n) is 16.3. The first-order chi connectivity index (χ1) is 13.7. The van der Waals surface area contributed by atoms with Gasteiger partial charge in [-0.1, -0.05) is 36.4 Å². The van der Waals surface area contributed by atoms with Crippen molar-refractivity contribution in [3.05, 3.63) is 54.4 Å². The van der Waals surface area contributed by atoms with Crippen LogP contribution in [0, 0.1) is 6.92 Å². The SMILES string of the molecule is Cc1ccc2ccccc2c1-c1nccn1[C@H]1C[C@H]2CO[C@@H](CCO)CN2C1. The van der Waals surface area contributed by atoms with Gasteiger partial charge >= 0.3 is 0 Å². The van der Waals surface area contributed by atoms with Crippen LogP contribution in [0.5, 0.6) is 0 Å². The molecule has 0 unspecified atom stereocenters. The molecule has 3 atom stereocenters. The predicted octanol–water partition coefficient (Wildman–Crippen LogP) is 3.41. The summed E-state index contributed by atoms with van der Waals surface area (Å²) in [6, 6.07) is 13.8. The summed E-state index contributed by atoms with van der Waals surface area (Å²) in [5, 5.41) is 11.7. The van der Waals surface area contributed by atoms with E-state index in [0.717, 1.165) is 38.4 Å². The molecule has 0 spiro atoms. The summed E-state index contributed by atoms with van der Waals surface area (Å²) in [6.07, 6.45) is 6.02. The Bertz CT molecular complexity index is 983. The first kappa shape index (κ1) is 17.9. The number of hydrogen-bond acceptors (Lipinski definition) is 4.